The molecule has 0 fully saturated rings. The van der Waals surface area contributed by atoms with Gasteiger partial charge in [-0.1, -0.05) is 32.6 Å². The van der Waals surface area contributed by atoms with E-state index in [-0.39, 0.29) is 29.6 Å². The van der Waals surface area contributed by atoms with Crippen molar-refractivity contribution in [2.45, 2.75) is 45.4 Å². The molecule has 0 aromatic heterocycles. The first kappa shape index (κ1) is 17.3. The van der Waals surface area contributed by atoms with Gasteiger partial charge in [-0.15, -0.1) is 0 Å². The maximum absolute atomic E-state index is 10.9. The van der Waals surface area contributed by atoms with Gasteiger partial charge in [0.15, 0.2) is 0 Å². The SMILES string of the molecule is CCCCCCCC(=O)OCC(=O)[O-].[Na+]. The Morgan fingerprint density at radius 2 is 1.73 bits per heavy atom. The first-order valence-electron chi connectivity index (χ1n) is 5.02. The number of carboxylic acids is 1. The van der Waals surface area contributed by atoms with E-state index in [2.05, 4.69) is 11.7 Å². The minimum Gasteiger partial charge on any atom is -0.546 e. The predicted molar refractivity (Wildman–Crippen MR) is 49.3 cm³/mol. The van der Waals surface area contributed by atoms with E-state index in [4.69, 9.17) is 0 Å². The second kappa shape index (κ2) is 12.0. The molecule has 0 aliphatic carbocycles. The van der Waals surface area contributed by atoms with Gasteiger partial charge in [0.1, 0.15) is 6.61 Å². The molecule has 0 aromatic carbocycles. The quantitative estimate of drug-likeness (QED) is 0.263. The smallest absolute Gasteiger partial charge is 0.546 e. The molecule has 0 saturated carbocycles. The van der Waals surface area contributed by atoms with Crippen LogP contribution in [0, 0.1) is 0 Å². The van der Waals surface area contributed by atoms with Gasteiger partial charge in [-0.25, -0.2) is 0 Å². The Morgan fingerprint density at radius 1 is 1.13 bits per heavy atom. The van der Waals surface area contributed by atoms with Crippen LogP contribution in [0.3, 0.4) is 0 Å². The number of esters is 1. The van der Waals surface area contributed by atoms with Gasteiger partial charge in [0.05, 0.1) is 5.97 Å². The average Bonchev–Trinajstić information content (AvgIpc) is 2.14. The summed E-state index contributed by atoms with van der Waals surface area (Å²) >= 11 is 0. The number of rotatable bonds is 8. The first-order valence-corrected chi connectivity index (χ1v) is 5.02. The Balaban J connectivity index is 0. The van der Waals surface area contributed by atoms with E-state index in [1.165, 1.54) is 6.42 Å². The number of carbonyl (C=O) groups excluding carboxylic acids is 2. The number of aliphatic carboxylic acids is 1. The Morgan fingerprint density at radius 3 is 2.27 bits per heavy atom. The first-order chi connectivity index (χ1) is 6.66. The number of carbonyl (C=O) groups is 2. The Labute approximate surface area is 113 Å². The van der Waals surface area contributed by atoms with Crippen molar-refractivity contribution in [3.05, 3.63) is 0 Å². The zero-order valence-electron chi connectivity index (χ0n) is 9.58. The van der Waals surface area contributed by atoms with Crippen molar-refractivity contribution in [3.8, 4) is 0 Å². The van der Waals surface area contributed by atoms with Crippen LogP contribution in [0.1, 0.15) is 45.4 Å². The molecular formula is C10H17NaO4. The van der Waals surface area contributed by atoms with Crippen LogP contribution in [-0.2, 0) is 14.3 Å². The molecule has 0 bridgehead atoms. The fraction of sp³-hybridized carbons (Fsp3) is 0.800. The number of ether oxygens (including phenoxy) is 1. The topological polar surface area (TPSA) is 66.4 Å². The van der Waals surface area contributed by atoms with Crippen molar-refractivity contribution in [2.75, 3.05) is 6.61 Å². The zero-order chi connectivity index (χ0) is 10.8. The van der Waals surface area contributed by atoms with Crippen molar-refractivity contribution in [3.63, 3.8) is 0 Å². The molecule has 0 spiro atoms. The molecule has 0 rings (SSSR count). The molecule has 0 aliphatic rings. The van der Waals surface area contributed by atoms with Gasteiger partial charge in [-0.2, -0.15) is 0 Å². The molecule has 82 valence electrons. The minimum absolute atomic E-state index is 0. The maximum Gasteiger partial charge on any atom is 1.00 e. The molecular weight excluding hydrogens is 207 g/mol. The minimum atomic E-state index is -1.36. The van der Waals surface area contributed by atoms with E-state index >= 15 is 0 Å². The fourth-order valence-corrected chi connectivity index (χ4v) is 1.08. The molecule has 0 aromatic rings. The van der Waals surface area contributed by atoms with Crippen molar-refractivity contribution in [1.82, 2.24) is 0 Å². The van der Waals surface area contributed by atoms with Gasteiger partial charge in [-0.3, -0.25) is 4.79 Å². The molecule has 0 aliphatic heterocycles. The summed E-state index contributed by atoms with van der Waals surface area (Å²) in [5.41, 5.74) is 0. The molecule has 0 radical (unpaired) electrons. The average molecular weight is 224 g/mol. The van der Waals surface area contributed by atoms with E-state index in [1.807, 2.05) is 0 Å². The largest absolute Gasteiger partial charge is 1.00 e. The fourth-order valence-electron chi connectivity index (χ4n) is 1.08. The Bertz CT molecular complexity index is 182. The van der Waals surface area contributed by atoms with E-state index in [0.717, 1.165) is 25.7 Å². The van der Waals surface area contributed by atoms with Gasteiger partial charge < -0.3 is 14.6 Å². The van der Waals surface area contributed by atoms with Gasteiger partial charge in [0.2, 0.25) is 0 Å². The van der Waals surface area contributed by atoms with E-state index < -0.39 is 18.5 Å². The predicted octanol–water partition coefficient (Wildman–Crippen LogP) is -2.36. The number of hydrogen-bond acceptors (Lipinski definition) is 4. The molecule has 0 N–H and O–H groups in total. The summed E-state index contributed by atoms with van der Waals surface area (Å²) < 4.78 is 4.41. The van der Waals surface area contributed by atoms with Crippen LogP contribution in [0.5, 0.6) is 0 Å². The van der Waals surface area contributed by atoms with E-state index in [0.29, 0.717) is 6.42 Å². The number of carboxylic acid groups (broad SMARTS) is 1. The maximum atomic E-state index is 10.9. The summed E-state index contributed by atoms with van der Waals surface area (Å²) in [6, 6.07) is 0. The van der Waals surface area contributed by atoms with Crippen LogP contribution in [0.2, 0.25) is 0 Å². The second-order valence-electron chi connectivity index (χ2n) is 3.20. The molecule has 15 heavy (non-hydrogen) atoms. The molecule has 5 heteroatoms. The summed E-state index contributed by atoms with van der Waals surface area (Å²) in [4.78, 5) is 20.8. The van der Waals surface area contributed by atoms with Crippen molar-refractivity contribution in [2.24, 2.45) is 0 Å². The summed E-state index contributed by atoms with van der Waals surface area (Å²) in [5.74, 6) is -1.81. The summed E-state index contributed by atoms with van der Waals surface area (Å²) in [6.07, 6.45) is 5.52. The van der Waals surface area contributed by atoms with Crippen LogP contribution in [-0.4, -0.2) is 18.5 Å². The summed E-state index contributed by atoms with van der Waals surface area (Å²) in [7, 11) is 0. The Kier molecular flexibility index (Phi) is 13.9. The third-order valence-electron chi connectivity index (χ3n) is 1.84. The Hall–Kier alpha value is -0.0600. The van der Waals surface area contributed by atoms with E-state index in [1.54, 1.807) is 0 Å². The zero-order valence-corrected chi connectivity index (χ0v) is 11.6. The summed E-state index contributed by atoms with van der Waals surface area (Å²) in [6.45, 7) is 1.49. The van der Waals surface area contributed by atoms with Crippen molar-refractivity contribution >= 4 is 11.9 Å². The monoisotopic (exact) mass is 224 g/mol. The normalized spacial score (nSPS) is 9.13. The van der Waals surface area contributed by atoms with E-state index in [9.17, 15) is 14.7 Å². The standard InChI is InChI=1S/C10H18O4.Na/c1-2-3-4-5-6-7-10(13)14-8-9(11)12;/h2-8H2,1H3,(H,11,12);/q;+1/p-1. The molecule has 0 amide bonds. The van der Waals surface area contributed by atoms with Crippen LogP contribution < -0.4 is 34.7 Å². The molecule has 0 heterocycles. The third-order valence-corrected chi connectivity index (χ3v) is 1.84. The molecule has 0 saturated heterocycles. The third kappa shape index (κ3) is 13.9. The van der Waals surface area contributed by atoms with Crippen LogP contribution in [0.4, 0.5) is 0 Å². The summed E-state index contributed by atoms with van der Waals surface area (Å²) in [5, 5.41) is 9.93. The van der Waals surface area contributed by atoms with Gasteiger partial charge in [-0.05, 0) is 6.42 Å². The van der Waals surface area contributed by atoms with Crippen LogP contribution in [0.15, 0.2) is 0 Å². The van der Waals surface area contributed by atoms with Crippen LogP contribution in [0.25, 0.3) is 0 Å². The molecule has 4 nitrogen and oxygen atoms in total. The van der Waals surface area contributed by atoms with Gasteiger partial charge >= 0.3 is 35.5 Å². The van der Waals surface area contributed by atoms with Crippen molar-refractivity contribution < 1.29 is 49.0 Å². The number of hydrogen-bond donors (Lipinski definition) is 0. The second-order valence-corrected chi connectivity index (χ2v) is 3.20. The molecule has 0 atom stereocenters. The van der Waals surface area contributed by atoms with Crippen molar-refractivity contribution in [1.29, 1.82) is 0 Å². The van der Waals surface area contributed by atoms with Gasteiger partial charge in [0.25, 0.3) is 0 Å². The van der Waals surface area contributed by atoms with Gasteiger partial charge in [0, 0.05) is 6.42 Å². The molecule has 0 unspecified atom stereocenters. The van der Waals surface area contributed by atoms with Crippen LogP contribution >= 0.6 is 0 Å². The number of unbranched alkanes of at least 4 members (excludes halogenated alkanes) is 4.